The van der Waals surface area contributed by atoms with Crippen LogP contribution in [0.3, 0.4) is 0 Å². The van der Waals surface area contributed by atoms with Gasteiger partial charge in [0.25, 0.3) is 0 Å². The highest BCUT2D eigenvalue weighted by molar-refractivity contribution is 8.17. The molecule has 3 unspecified atom stereocenters. The molecule has 7 rings (SSSR count). The Morgan fingerprint density at radius 3 is 2.02 bits per heavy atom. The van der Waals surface area contributed by atoms with Gasteiger partial charge in [0.1, 0.15) is 12.0 Å². The minimum absolute atomic E-state index is 0.181. The maximum atomic E-state index is 14.0. The van der Waals surface area contributed by atoms with Crippen LogP contribution in [0.25, 0.3) is 0 Å². The summed E-state index contributed by atoms with van der Waals surface area (Å²) in [4.78, 5) is 15.3. The number of alkyl halides is 5. The van der Waals surface area contributed by atoms with Crippen molar-refractivity contribution in [3.63, 3.8) is 0 Å². The molecule has 0 spiro atoms. The van der Waals surface area contributed by atoms with Gasteiger partial charge in [-0.05, 0) is 125 Å². The summed E-state index contributed by atoms with van der Waals surface area (Å²) in [5.41, 5.74) is -1.16. The molecule has 4 aliphatic carbocycles. The number of benzene rings is 3. The third-order valence-corrected chi connectivity index (χ3v) is 12.6. The fourth-order valence-corrected chi connectivity index (χ4v) is 10.6. The Morgan fingerprint density at radius 2 is 1.43 bits per heavy atom. The molecule has 44 heavy (non-hydrogen) atoms. The number of hydrogen-bond donors (Lipinski definition) is 2. The second-order valence-corrected chi connectivity index (χ2v) is 16.2. The van der Waals surface area contributed by atoms with E-state index in [0.717, 1.165) is 51.6 Å². The van der Waals surface area contributed by atoms with Crippen LogP contribution in [0.1, 0.15) is 56.1 Å². The molecule has 12 heteroatoms. The highest BCUT2D eigenvalue weighted by atomic mass is 32.2. The van der Waals surface area contributed by atoms with Gasteiger partial charge in [-0.25, -0.2) is 0 Å². The van der Waals surface area contributed by atoms with Crippen LogP contribution < -0.4 is 0 Å². The zero-order valence-electron chi connectivity index (χ0n) is 23.4. The van der Waals surface area contributed by atoms with Crippen molar-refractivity contribution < 1.29 is 44.5 Å². The molecule has 0 radical (unpaired) electrons. The van der Waals surface area contributed by atoms with Gasteiger partial charge in [0.05, 0.1) is 5.56 Å². The second kappa shape index (κ2) is 10.8. The second-order valence-electron chi connectivity index (χ2n) is 12.5. The van der Waals surface area contributed by atoms with Crippen molar-refractivity contribution >= 4 is 27.0 Å². The van der Waals surface area contributed by atoms with Crippen LogP contribution >= 0.6 is 10.9 Å². The first-order chi connectivity index (χ1) is 20.6. The van der Waals surface area contributed by atoms with E-state index in [1.54, 1.807) is 0 Å². The number of rotatable bonds is 8. The summed E-state index contributed by atoms with van der Waals surface area (Å²) >= 11 is 0. The van der Waals surface area contributed by atoms with Gasteiger partial charge in [-0.15, -0.1) is 0 Å². The first-order valence-electron chi connectivity index (χ1n) is 14.3. The molecule has 4 fully saturated rings. The summed E-state index contributed by atoms with van der Waals surface area (Å²) in [6, 6.07) is 22.8. The quantitative estimate of drug-likeness (QED) is 0.111. The third kappa shape index (κ3) is 5.88. The molecule has 236 valence electrons. The van der Waals surface area contributed by atoms with Gasteiger partial charge < -0.3 is 4.74 Å². The number of carbonyl (C=O) groups excluding carboxylic acids is 1. The maximum Gasteiger partial charge on any atom is 0.416 e. The van der Waals surface area contributed by atoms with Crippen molar-refractivity contribution in [3.8, 4) is 0 Å². The molecule has 0 heterocycles. The molecular weight excluding hydrogens is 623 g/mol. The van der Waals surface area contributed by atoms with Crippen molar-refractivity contribution in [1.82, 2.24) is 0 Å². The largest absolute Gasteiger partial charge is 0.459 e. The van der Waals surface area contributed by atoms with E-state index < -0.39 is 61.4 Å². The van der Waals surface area contributed by atoms with E-state index in [4.69, 9.17) is 9.29 Å². The normalized spacial score (nSPS) is 27.6. The number of thiol groups is 1. The summed E-state index contributed by atoms with van der Waals surface area (Å²) in [7, 11) is -7.00. The minimum Gasteiger partial charge on any atom is -0.459 e. The summed E-state index contributed by atoms with van der Waals surface area (Å²) < 4.78 is 105. The summed E-state index contributed by atoms with van der Waals surface area (Å²) in [6.07, 6.45) is -2.28. The van der Waals surface area contributed by atoms with Crippen LogP contribution in [-0.4, -0.2) is 29.8 Å². The molecule has 0 saturated heterocycles. The Bertz CT molecular complexity index is 1640. The molecule has 4 saturated carbocycles. The van der Waals surface area contributed by atoms with E-state index in [0.29, 0.717) is 19.3 Å². The van der Waals surface area contributed by atoms with E-state index in [1.165, 1.54) is 12.1 Å². The lowest BCUT2D eigenvalue weighted by atomic mass is 9.46. The van der Waals surface area contributed by atoms with Crippen LogP contribution in [-0.2, 0) is 31.2 Å². The monoisotopic (exact) mass is 654 g/mol. The van der Waals surface area contributed by atoms with Gasteiger partial charge in [-0.3, -0.25) is 9.35 Å². The van der Waals surface area contributed by atoms with E-state index in [9.17, 15) is 35.2 Å². The highest BCUT2D eigenvalue weighted by Gasteiger charge is 2.60. The summed E-state index contributed by atoms with van der Waals surface area (Å²) in [5, 5.41) is -4.65. The van der Waals surface area contributed by atoms with Gasteiger partial charge in [0, 0.05) is 0 Å². The zero-order chi connectivity index (χ0) is 31.5. The molecule has 5 nitrogen and oxygen atoms in total. The van der Waals surface area contributed by atoms with Gasteiger partial charge >= 0.3 is 27.5 Å². The average Bonchev–Trinajstić information content (AvgIpc) is 2.92. The molecule has 4 aliphatic rings. The van der Waals surface area contributed by atoms with Crippen LogP contribution in [0.4, 0.5) is 22.0 Å². The molecule has 4 bridgehead atoms. The summed E-state index contributed by atoms with van der Waals surface area (Å²) in [5.74, 6) is -1.01. The van der Waals surface area contributed by atoms with Gasteiger partial charge in [-0.2, -0.15) is 41.3 Å². The topological polar surface area (TPSA) is 80.7 Å². The first kappa shape index (κ1) is 31.0. The predicted octanol–water partition coefficient (Wildman–Crippen LogP) is 8.19. The lowest BCUT2D eigenvalue weighted by molar-refractivity contribution is -0.194. The van der Waals surface area contributed by atoms with Gasteiger partial charge in [0.2, 0.25) is 0 Å². The van der Waals surface area contributed by atoms with E-state index in [-0.39, 0.29) is 11.8 Å². The van der Waals surface area contributed by atoms with Crippen LogP contribution in [0.15, 0.2) is 93.5 Å². The number of hydrogen-bond acceptors (Lipinski definition) is 4. The van der Waals surface area contributed by atoms with Crippen molar-refractivity contribution in [2.75, 3.05) is 0 Å². The molecule has 3 aromatic rings. The van der Waals surface area contributed by atoms with E-state index in [1.807, 2.05) is 48.5 Å². The Morgan fingerprint density at radius 1 is 0.841 bits per heavy atom. The average molecular weight is 655 g/mol. The summed E-state index contributed by atoms with van der Waals surface area (Å²) in [6.45, 7) is 0. The van der Waals surface area contributed by atoms with Crippen LogP contribution in [0.5, 0.6) is 0 Å². The molecule has 3 atom stereocenters. The lowest BCUT2D eigenvalue weighted by Crippen LogP contribution is -2.59. The highest BCUT2D eigenvalue weighted by Crippen LogP contribution is 2.64. The van der Waals surface area contributed by atoms with Crippen molar-refractivity contribution in [3.05, 3.63) is 90.0 Å². The SMILES string of the molecule is O=C(CC(F)(F)S(=O)(=O)O)OC12CC3CC(C1)CC(c1cccc([SH](c4ccccc4)c4ccc(C(F)(F)F)cc4)c1)(C3)C2. The molecule has 0 aliphatic heterocycles. The fraction of sp³-hybridized carbons (Fsp3) is 0.406. The van der Waals surface area contributed by atoms with Crippen molar-refractivity contribution in [1.29, 1.82) is 0 Å². The number of esters is 1. The number of ether oxygens (including phenoxy) is 1. The van der Waals surface area contributed by atoms with Crippen molar-refractivity contribution in [2.24, 2.45) is 11.8 Å². The Hall–Kier alpha value is -2.96. The first-order valence-corrected chi connectivity index (χ1v) is 17.1. The van der Waals surface area contributed by atoms with Crippen LogP contribution in [0.2, 0.25) is 0 Å². The molecule has 3 aromatic carbocycles. The molecule has 0 aromatic heterocycles. The predicted molar refractivity (Wildman–Crippen MR) is 154 cm³/mol. The molecule has 1 N–H and O–H groups in total. The van der Waals surface area contributed by atoms with Gasteiger partial charge in [0.15, 0.2) is 0 Å². The molecular formula is C32H31F5O5S2. The number of halogens is 5. The number of carbonyl (C=O) groups is 1. The smallest absolute Gasteiger partial charge is 0.416 e. The Kier molecular flexibility index (Phi) is 7.65. The zero-order valence-corrected chi connectivity index (χ0v) is 25.1. The Labute approximate surface area is 254 Å². The Balaban J connectivity index is 1.34. The van der Waals surface area contributed by atoms with Crippen molar-refractivity contribution in [2.45, 2.75) is 82.1 Å². The van der Waals surface area contributed by atoms with Crippen LogP contribution in [0, 0.1) is 11.8 Å². The standard InChI is InChI=1S/C32H31F5O5S2/c33-31(34,44(39,40)41)19-28(38)42-30-17-21-13-22(18-30)16-29(15-21,20-30)24-5-4-8-27(14-24)43(25-6-2-1-3-7-25)26-11-9-23(10-12-26)32(35,36)37/h1-12,14,21-22,43H,13,15-20H2,(H,39,40,41). The minimum atomic E-state index is -5.78. The van der Waals surface area contributed by atoms with E-state index in [2.05, 4.69) is 6.07 Å². The third-order valence-electron chi connectivity index (χ3n) is 9.25. The van der Waals surface area contributed by atoms with Gasteiger partial charge in [-0.1, -0.05) is 30.3 Å². The van der Waals surface area contributed by atoms with E-state index >= 15 is 0 Å². The molecule has 0 amide bonds. The lowest BCUT2D eigenvalue weighted by Gasteiger charge is -2.61. The fourth-order valence-electron chi connectivity index (χ4n) is 7.97. The maximum absolute atomic E-state index is 14.0.